The van der Waals surface area contributed by atoms with E-state index in [0.717, 1.165) is 31.5 Å². The molecule has 1 aromatic rings. The maximum atomic E-state index is 14.2. The normalized spacial score (nSPS) is 14.6. The zero-order chi connectivity index (χ0) is 14.4. The molecule has 2 N–H and O–H groups in total. The molecular weight excluding hydrogens is 255 g/mol. The molecule has 0 amide bonds. The lowest BCUT2D eigenvalue weighted by molar-refractivity contribution is 0.301. The van der Waals surface area contributed by atoms with Gasteiger partial charge in [-0.05, 0) is 37.0 Å². The first-order chi connectivity index (χ1) is 9.74. The van der Waals surface area contributed by atoms with Crippen LogP contribution in [0.1, 0.15) is 38.2 Å². The van der Waals surface area contributed by atoms with Gasteiger partial charge in [0.25, 0.3) is 0 Å². The van der Waals surface area contributed by atoms with Crippen molar-refractivity contribution in [1.29, 1.82) is 0 Å². The molecule has 3 nitrogen and oxygen atoms in total. The van der Waals surface area contributed by atoms with Crippen molar-refractivity contribution in [3.63, 3.8) is 0 Å². The molecule has 1 aliphatic rings. The van der Waals surface area contributed by atoms with Gasteiger partial charge >= 0.3 is 0 Å². The van der Waals surface area contributed by atoms with Gasteiger partial charge in [-0.25, -0.2) is 4.39 Å². The van der Waals surface area contributed by atoms with Crippen LogP contribution in [0.5, 0.6) is 0 Å². The molecule has 0 saturated heterocycles. The van der Waals surface area contributed by atoms with Gasteiger partial charge in [-0.15, -0.1) is 0 Å². The van der Waals surface area contributed by atoms with E-state index in [1.807, 2.05) is 17.0 Å². The second kappa shape index (κ2) is 7.60. The summed E-state index contributed by atoms with van der Waals surface area (Å²) in [5.41, 5.74) is 1.58. The largest absolute Gasteiger partial charge is 0.395 e. The Hall–Kier alpha value is -1.13. The van der Waals surface area contributed by atoms with Crippen LogP contribution in [0.15, 0.2) is 18.2 Å². The van der Waals surface area contributed by atoms with E-state index in [-0.39, 0.29) is 12.4 Å². The molecular formula is C16H25FN2O. The Balaban J connectivity index is 2.00. The van der Waals surface area contributed by atoms with Gasteiger partial charge in [-0.3, -0.25) is 0 Å². The predicted octanol–water partition coefficient (Wildman–Crippen LogP) is 2.68. The van der Waals surface area contributed by atoms with E-state index in [1.165, 1.54) is 12.8 Å². The van der Waals surface area contributed by atoms with E-state index < -0.39 is 0 Å². The Morgan fingerprint density at radius 2 is 2.15 bits per heavy atom. The van der Waals surface area contributed by atoms with Crippen LogP contribution in [-0.2, 0) is 6.54 Å². The maximum absolute atomic E-state index is 14.2. The second-order valence-electron chi connectivity index (χ2n) is 5.51. The highest BCUT2D eigenvalue weighted by Gasteiger charge is 2.20. The van der Waals surface area contributed by atoms with E-state index >= 15 is 0 Å². The van der Waals surface area contributed by atoms with Gasteiger partial charge in [0.05, 0.1) is 12.3 Å². The smallest absolute Gasteiger partial charge is 0.146 e. The summed E-state index contributed by atoms with van der Waals surface area (Å²) in [6, 6.07) is 6.06. The summed E-state index contributed by atoms with van der Waals surface area (Å²) < 4.78 is 14.2. The molecule has 1 saturated carbocycles. The molecule has 0 aliphatic heterocycles. The molecule has 2 rings (SSSR count). The molecule has 0 unspecified atom stereocenters. The molecule has 112 valence electrons. The first kappa shape index (κ1) is 15.3. The standard InChI is InChI=1S/C16H25FN2O/c1-2-3-8-19(9-10-20)16-7-4-13(11-15(16)17)12-18-14-5-6-14/h4,7,11,14,18,20H,2-3,5-6,8-10,12H2,1H3. The SMILES string of the molecule is CCCCN(CCO)c1ccc(CNC2CC2)cc1F. The highest BCUT2D eigenvalue weighted by Crippen LogP contribution is 2.23. The van der Waals surface area contributed by atoms with Crippen molar-refractivity contribution >= 4 is 5.69 Å². The minimum absolute atomic E-state index is 0.0497. The third kappa shape index (κ3) is 4.46. The van der Waals surface area contributed by atoms with Gasteiger partial charge in [-0.2, -0.15) is 0 Å². The number of nitrogens with one attached hydrogen (secondary N) is 1. The Kier molecular flexibility index (Phi) is 5.80. The number of anilines is 1. The molecule has 0 radical (unpaired) electrons. The van der Waals surface area contributed by atoms with Gasteiger partial charge in [0.2, 0.25) is 0 Å². The third-order valence-electron chi connectivity index (χ3n) is 3.68. The van der Waals surface area contributed by atoms with Crippen molar-refractivity contribution in [3.8, 4) is 0 Å². The summed E-state index contributed by atoms with van der Waals surface area (Å²) in [5, 5.41) is 12.5. The minimum Gasteiger partial charge on any atom is -0.395 e. The quantitative estimate of drug-likeness (QED) is 0.730. The van der Waals surface area contributed by atoms with Gasteiger partial charge < -0.3 is 15.3 Å². The zero-order valence-electron chi connectivity index (χ0n) is 12.2. The fraction of sp³-hybridized carbons (Fsp3) is 0.625. The number of hydrogen-bond acceptors (Lipinski definition) is 3. The number of halogens is 1. The van der Waals surface area contributed by atoms with Gasteiger partial charge in [0.1, 0.15) is 5.82 Å². The summed E-state index contributed by atoms with van der Waals surface area (Å²) in [5.74, 6) is -0.190. The van der Waals surface area contributed by atoms with E-state index in [4.69, 9.17) is 5.11 Å². The molecule has 0 atom stereocenters. The predicted molar refractivity (Wildman–Crippen MR) is 80.5 cm³/mol. The molecule has 1 fully saturated rings. The van der Waals surface area contributed by atoms with Crippen LogP contribution in [0, 0.1) is 5.82 Å². The number of benzene rings is 1. The molecule has 4 heteroatoms. The van der Waals surface area contributed by atoms with Crippen LogP contribution in [0.4, 0.5) is 10.1 Å². The van der Waals surface area contributed by atoms with E-state index in [0.29, 0.717) is 18.3 Å². The van der Waals surface area contributed by atoms with Crippen LogP contribution in [-0.4, -0.2) is 30.8 Å². The molecule has 0 heterocycles. The minimum atomic E-state index is -0.190. The van der Waals surface area contributed by atoms with Crippen molar-refractivity contribution in [2.45, 2.75) is 45.2 Å². The first-order valence-electron chi connectivity index (χ1n) is 7.62. The lowest BCUT2D eigenvalue weighted by Crippen LogP contribution is -2.28. The van der Waals surface area contributed by atoms with Crippen LogP contribution in [0.2, 0.25) is 0 Å². The Morgan fingerprint density at radius 1 is 1.35 bits per heavy atom. The summed E-state index contributed by atoms with van der Waals surface area (Å²) in [6.07, 6.45) is 4.54. The highest BCUT2D eigenvalue weighted by molar-refractivity contribution is 5.49. The fourth-order valence-corrected chi connectivity index (χ4v) is 2.29. The van der Waals surface area contributed by atoms with Crippen LogP contribution >= 0.6 is 0 Å². The van der Waals surface area contributed by atoms with Gasteiger partial charge in [-0.1, -0.05) is 19.4 Å². The molecule has 0 spiro atoms. The third-order valence-corrected chi connectivity index (χ3v) is 3.68. The maximum Gasteiger partial charge on any atom is 0.146 e. The average Bonchev–Trinajstić information content (AvgIpc) is 3.26. The lowest BCUT2D eigenvalue weighted by Gasteiger charge is -2.24. The zero-order valence-corrected chi connectivity index (χ0v) is 12.2. The molecule has 0 bridgehead atoms. The Morgan fingerprint density at radius 3 is 2.75 bits per heavy atom. The summed E-state index contributed by atoms with van der Waals surface area (Å²) in [6.45, 7) is 4.16. The van der Waals surface area contributed by atoms with Gasteiger partial charge in [0.15, 0.2) is 0 Å². The summed E-state index contributed by atoms with van der Waals surface area (Å²) in [7, 11) is 0. The van der Waals surface area contributed by atoms with Gasteiger partial charge in [0, 0.05) is 25.7 Å². The van der Waals surface area contributed by atoms with E-state index in [2.05, 4.69) is 12.2 Å². The van der Waals surface area contributed by atoms with Crippen LogP contribution < -0.4 is 10.2 Å². The van der Waals surface area contributed by atoms with Crippen molar-refractivity contribution < 1.29 is 9.50 Å². The van der Waals surface area contributed by atoms with Crippen LogP contribution in [0.3, 0.4) is 0 Å². The Bertz CT molecular complexity index is 421. The van der Waals surface area contributed by atoms with Crippen molar-refractivity contribution in [2.24, 2.45) is 0 Å². The highest BCUT2D eigenvalue weighted by atomic mass is 19.1. The monoisotopic (exact) mass is 280 g/mol. The number of nitrogens with zero attached hydrogens (tertiary/aromatic N) is 1. The van der Waals surface area contributed by atoms with Crippen molar-refractivity contribution in [3.05, 3.63) is 29.6 Å². The van der Waals surface area contributed by atoms with E-state index in [1.54, 1.807) is 6.07 Å². The second-order valence-corrected chi connectivity index (χ2v) is 5.51. The first-order valence-corrected chi connectivity index (χ1v) is 7.62. The topological polar surface area (TPSA) is 35.5 Å². The summed E-state index contributed by atoms with van der Waals surface area (Å²) in [4.78, 5) is 1.93. The van der Waals surface area contributed by atoms with Crippen molar-refractivity contribution in [1.82, 2.24) is 5.32 Å². The summed E-state index contributed by atoms with van der Waals surface area (Å²) >= 11 is 0. The van der Waals surface area contributed by atoms with Crippen LogP contribution in [0.25, 0.3) is 0 Å². The molecule has 0 aromatic heterocycles. The number of aliphatic hydroxyl groups excluding tert-OH is 1. The molecule has 20 heavy (non-hydrogen) atoms. The van der Waals surface area contributed by atoms with Crippen molar-refractivity contribution in [2.75, 3.05) is 24.6 Å². The molecule has 1 aliphatic carbocycles. The number of rotatable bonds is 9. The molecule has 1 aromatic carbocycles. The fourth-order valence-electron chi connectivity index (χ4n) is 2.29. The number of unbranched alkanes of at least 4 members (excludes halogenated alkanes) is 1. The van der Waals surface area contributed by atoms with E-state index in [9.17, 15) is 4.39 Å². The number of aliphatic hydroxyl groups is 1. The average molecular weight is 280 g/mol. The lowest BCUT2D eigenvalue weighted by atomic mass is 10.1. The number of hydrogen-bond donors (Lipinski definition) is 2. The Labute approximate surface area is 120 Å².